The molecule has 1 unspecified atom stereocenters. The molecule has 0 aromatic heterocycles. The van der Waals surface area contributed by atoms with Crippen molar-refractivity contribution in [3.8, 4) is 0 Å². The van der Waals surface area contributed by atoms with E-state index < -0.39 is 0 Å². The summed E-state index contributed by atoms with van der Waals surface area (Å²) in [5.74, 6) is 0.821. The Kier molecular flexibility index (Phi) is 2.18. The van der Waals surface area contributed by atoms with E-state index in [9.17, 15) is 5.11 Å². The average Bonchev–Trinajstić information content (AvgIpc) is 2.30. The van der Waals surface area contributed by atoms with Crippen molar-refractivity contribution < 1.29 is 5.11 Å². The van der Waals surface area contributed by atoms with Crippen LogP contribution in [-0.4, -0.2) is 11.7 Å². The van der Waals surface area contributed by atoms with Crippen LogP contribution in [0.1, 0.15) is 52.4 Å². The van der Waals surface area contributed by atoms with Crippen molar-refractivity contribution in [2.75, 3.05) is 6.61 Å². The second-order valence-electron chi connectivity index (χ2n) is 5.98. The quantitative estimate of drug-likeness (QED) is 0.696. The molecule has 2 saturated carbocycles. The smallest absolute Gasteiger partial charge is 0.0490 e. The largest absolute Gasteiger partial charge is 0.396 e. The lowest BCUT2D eigenvalue weighted by molar-refractivity contribution is -0.0147. The van der Waals surface area contributed by atoms with Gasteiger partial charge in [0, 0.05) is 6.61 Å². The number of hydrogen-bond donors (Lipinski definition) is 1. The molecule has 13 heavy (non-hydrogen) atoms. The molecular formula is C12H22O. The summed E-state index contributed by atoms with van der Waals surface area (Å²) >= 11 is 0. The molecule has 0 bridgehead atoms. The fourth-order valence-electron chi connectivity index (χ4n) is 3.29. The average molecular weight is 182 g/mol. The lowest BCUT2D eigenvalue weighted by Gasteiger charge is -2.46. The first kappa shape index (κ1) is 9.51. The van der Waals surface area contributed by atoms with Crippen LogP contribution < -0.4 is 0 Å². The van der Waals surface area contributed by atoms with E-state index in [4.69, 9.17) is 0 Å². The van der Waals surface area contributed by atoms with E-state index in [0.29, 0.717) is 17.4 Å². The molecule has 0 spiro atoms. The highest BCUT2D eigenvalue weighted by atomic mass is 16.3. The van der Waals surface area contributed by atoms with E-state index in [0.717, 1.165) is 5.92 Å². The van der Waals surface area contributed by atoms with Gasteiger partial charge in [0.1, 0.15) is 0 Å². The Hall–Kier alpha value is -0.0400. The number of aliphatic hydroxyl groups is 1. The van der Waals surface area contributed by atoms with Gasteiger partial charge in [0.25, 0.3) is 0 Å². The minimum atomic E-state index is 0.355. The van der Waals surface area contributed by atoms with Crippen LogP contribution in [0.25, 0.3) is 0 Å². The third-order valence-corrected chi connectivity index (χ3v) is 4.50. The fourth-order valence-corrected chi connectivity index (χ4v) is 3.29. The summed E-state index contributed by atoms with van der Waals surface area (Å²) in [7, 11) is 0. The first-order valence-electron chi connectivity index (χ1n) is 5.69. The highest BCUT2D eigenvalue weighted by molar-refractivity contribution is 4.98. The van der Waals surface area contributed by atoms with E-state index in [-0.39, 0.29) is 0 Å². The Morgan fingerprint density at radius 2 is 1.92 bits per heavy atom. The molecule has 0 aromatic carbocycles. The molecule has 1 N–H and O–H groups in total. The zero-order chi connectivity index (χ0) is 9.53. The molecule has 76 valence electrons. The van der Waals surface area contributed by atoms with Crippen molar-refractivity contribution >= 4 is 0 Å². The van der Waals surface area contributed by atoms with Crippen molar-refractivity contribution in [3.63, 3.8) is 0 Å². The minimum absolute atomic E-state index is 0.355. The van der Waals surface area contributed by atoms with E-state index in [1.807, 2.05) is 0 Å². The van der Waals surface area contributed by atoms with Crippen molar-refractivity contribution in [2.45, 2.75) is 52.4 Å². The van der Waals surface area contributed by atoms with Crippen LogP contribution in [-0.2, 0) is 0 Å². The van der Waals surface area contributed by atoms with Gasteiger partial charge in [0.05, 0.1) is 0 Å². The molecule has 2 rings (SSSR count). The highest BCUT2D eigenvalue weighted by Crippen LogP contribution is 2.56. The second kappa shape index (κ2) is 2.98. The van der Waals surface area contributed by atoms with E-state index in [1.165, 1.54) is 38.5 Å². The standard InChI is InChI=1S/C12H22O/c1-11(2)7-4-10(8-11)12(9-13)5-3-6-12/h10,13H,3-9H2,1-2H3. The number of aliphatic hydroxyl groups excluding tert-OH is 1. The highest BCUT2D eigenvalue weighted by Gasteiger charge is 2.47. The molecule has 0 heterocycles. The van der Waals surface area contributed by atoms with Crippen LogP contribution in [0.5, 0.6) is 0 Å². The van der Waals surface area contributed by atoms with Crippen LogP contribution in [0.3, 0.4) is 0 Å². The molecule has 0 amide bonds. The first-order chi connectivity index (χ1) is 6.08. The third kappa shape index (κ3) is 1.52. The van der Waals surface area contributed by atoms with Gasteiger partial charge in [-0.3, -0.25) is 0 Å². The fraction of sp³-hybridized carbons (Fsp3) is 1.00. The van der Waals surface area contributed by atoms with Gasteiger partial charge >= 0.3 is 0 Å². The molecule has 0 aliphatic heterocycles. The molecule has 2 aliphatic carbocycles. The maximum Gasteiger partial charge on any atom is 0.0490 e. The predicted octanol–water partition coefficient (Wildman–Crippen LogP) is 2.98. The lowest BCUT2D eigenvalue weighted by atomic mass is 9.60. The van der Waals surface area contributed by atoms with E-state index >= 15 is 0 Å². The van der Waals surface area contributed by atoms with Crippen LogP contribution >= 0.6 is 0 Å². The lowest BCUT2D eigenvalue weighted by Crippen LogP contribution is -2.40. The summed E-state index contributed by atoms with van der Waals surface area (Å²) in [5, 5.41) is 9.47. The maximum atomic E-state index is 9.47. The second-order valence-corrected chi connectivity index (χ2v) is 5.98. The first-order valence-corrected chi connectivity index (χ1v) is 5.69. The minimum Gasteiger partial charge on any atom is -0.396 e. The Morgan fingerprint density at radius 3 is 2.23 bits per heavy atom. The van der Waals surface area contributed by atoms with Crippen LogP contribution in [0.2, 0.25) is 0 Å². The summed E-state index contributed by atoms with van der Waals surface area (Å²) in [5.41, 5.74) is 0.899. The zero-order valence-corrected chi connectivity index (χ0v) is 8.97. The molecule has 0 saturated heterocycles. The van der Waals surface area contributed by atoms with Crippen LogP contribution in [0.15, 0.2) is 0 Å². The molecule has 1 atom stereocenters. The van der Waals surface area contributed by atoms with E-state index in [1.54, 1.807) is 0 Å². The molecule has 0 aromatic rings. The van der Waals surface area contributed by atoms with Crippen molar-refractivity contribution in [1.82, 2.24) is 0 Å². The number of hydrogen-bond acceptors (Lipinski definition) is 1. The Morgan fingerprint density at radius 1 is 1.23 bits per heavy atom. The molecular weight excluding hydrogens is 160 g/mol. The molecule has 2 aliphatic rings. The molecule has 1 nitrogen and oxygen atoms in total. The monoisotopic (exact) mass is 182 g/mol. The van der Waals surface area contributed by atoms with E-state index in [2.05, 4.69) is 13.8 Å². The third-order valence-electron chi connectivity index (χ3n) is 4.50. The predicted molar refractivity (Wildman–Crippen MR) is 54.5 cm³/mol. The summed E-state index contributed by atoms with van der Waals surface area (Å²) in [6.45, 7) is 5.18. The molecule has 0 radical (unpaired) electrons. The maximum absolute atomic E-state index is 9.47. The Balaban J connectivity index is 2.02. The van der Waals surface area contributed by atoms with Crippen molar-refractivity contribution in [3.05, 3.63) is 0 Å². The molecule has 1 heteroatoms. The van der Waals surface area contributed by atoms with Gasteiger partial charge < -0.3 is 5.11 Å². The van der Waals surface area contributed by atoms with Gasteiger partial charge in [-0.15, -0.1) is 0 Å². The van der Waals surface area contributed by atoms with Gasteiger partial charge in [0.2, 0.25) is 0 Å². The number of rotatable bonds is 2. The Bertz CT molecular complexity index is 186. The summed E-state index contributed by atoms with van der Waals surface area (Å²) in [6, 6.07) is 0. The topological polar surface area (TPSA) is 20.2 Å². The zero-order valence-electron chi connectivity index (χ0n) is 8.97. The van der Waals surface area contributed by atoms with Crippen molar-refractivity contribution in [1.29, 1.82) is 0 Å². The summed E-state index contributed by atoms with van der Waals surface area (Å²) in [4.78, 5) is 0. The van der Waals surface area contributed by atoms with Gasteiger partial charge in [-0.25, -0.2) is 0 Å². The van der Waals surface area contributed by atoms with Gasteiger partial charge in [0.15, 0.2) is 0 Å². The van der Waals surface area contributed by atoms with Crippen molar-refractivity contribution in [2.24, 2.45) is 16.7 Å². The normalized spacial score (nSPS) is 35.8. The Labute approximate surface area is 81.5 Å². The van der Waals surface area contributed by atoms with Gasteiger partial charge in [-0.05, 0) is 48.9 Å². The van der Waals surface area contributed by atoms with Crippen LogP contribution in [0.4, 0.5) is 0 Å². The van der Waals surface area contributed by atoms with Crippen LogP contribution in [0, 0.1) is 16.7 Å². The summed E-state index contributed by atoms with van der Waals surface area (Å²) in [6.07, 6.45) is 7.96. The molecule has 2 fully saturated rings. The van der Waals surface area contributed by atoms with Gasteiger partial charge in [-0.1, -0.05) is 20.3 Å². The summed E-state index contributed by atoms with van der Waals surface area (Å²) < 4.78 is 0. The van der Waals surface area contributed by atoms with Gasteiger partial charge in [-0.2, -0.15) is 0 Å². The SMILES string of the molecule is CC1(C)CCC(C2(CO)CCC2)C1.